The highest BCUT2D eigenvalue weighted by Crippen LogP contribution is 2.32. The number of ether oxygens (including phenoxy) is 1. The van der Waals surface area contributed by atoms with E-state index in [4.69, 9.17) is 4.74 Å². The summed E-state index contributed by atoms with van der Waals surface area (Å²) in [5.41, 5.74) is 1.96. The number of halogens is 1. The molecule has 112 valence electrons. The van der Waals surface area contributed by atoms with E-state index in [1.807, 2.05) is 0 Å². The molecular weight excluding hydrogens is 285 g/mol. The lowest BCUT2D eigenvalue weighted by molar-refractivity contribution is 0.0699. The Morgan fingerprint density at radius 2 is 2.05 bits per heavy atom. The van der Waals surface area contributed by atoms with E-state index in [-0.39, 0.29) is 11.3 Å². The van der Waals surface area contributed by atoms with E-state index < -0.39 is 11.8 Å². The van der Waals surface area contributed by atoms with Gasteiger partial charge in [-0.2, -0.15) is 0 Å². The van der Waals surface area contributed by atoms with Crippen molar-refractivity contribution in [3.8, 4) is 16.9 Å². The van der Waals surface area contributed by atoms with Gasteiger partial charge in [0, 0.05) is 29.7 Å². The fraction of sp³-hybridized carbons (Fsp3) is 0.118. The molecule has 0 aliphatic carbocycles. The maximum Gasteiger partial charge on any atom is 0.337 e. The molecule has 1 aromatic heterocycles. The van der Waals surface area contributed by atoms with Crippen molar-refractivity contribution in [2.75, 3.05) is 7.11 Å². The second kappa shape index (κ2) is 5.18. The summed E-state index contributed by atoms with van der Waals surface area (Å²) in [7, 11) is 3.19. The Balaban J connectivity index is 2.25. The van der Waals surface area contributed by atoms with Crippen molar-refractivity contribution in [1.82, 2.24) is 4.57 Å². The second-order valence-corrected chi connectivity index (χ2v) is 5.01. The highest BCUT2D eigenvalue weighted by molar-refractivity contribution is 6.04. The smallest absolute Gasteiger partial charge is 0.337 e. The van der Waals surface area contributed by atoms with E-state index in [0.29, 0.717) is 16.5 Å². The van der Waals surface area contributed by atoms with Gasteiger partial charge in [0.05, 0.1) is 12.7 Å². The molecule has 1 heterocycles. The number of aromatic nitrogens is 1. The Labute approximate surface area is 126 Å². The SMILES string of the molecule is COc1cccc(-c2ccc3c(c2)c(C(=O)O)cn3C)c1F. The monoisotopic (exact) mass is 299 g/mol. The minimum atomic E-state index is -1.01. The van der Waals surface area contributed by atoms with E-state index in [9.17, 15) is 14.3 Å². The Hall–Kier alpha value is -2.82. The number of carbonyl (C=O) groups is 1. The van der Waals surface area contributed by atoms with Crippen LogP contribution in [0, 0.1) is 5.82 Å². The lowest BCUT2D eigenvalue weighted by atomic mass is 10.0. The van der Waals surface area contributed by atoms with Crippen molar-refractivity contribution in [3.05, 3.63) is 54.0 Å². The number of nitrogens with zero attached hydrogens (tertiary/aromatic N) is 1. The minimum Gasteiger partial charge on any atom is -0.494 e. The van der Waals surface area contributed by atoms with Crippen molar-refractivity contribution in [1.29, 1.82) is 0 Å². The third-order valence-corrected chi connectivity index (χ3v) is 3.71. The molecule has 0 amide bonds. The molecule has 0 spiro atoms. The van der Waals surface area contributed by atoms with Gasteiger partial charge in [0.15, 0.2) is 11.6 Å². The van der Waals surface area contributed by atoms with Crippen LogP contribution in [0.25, 0.3) is 22.0 Å². The molecule has 3 rings (SSSR count). The van der Waals surface area contributed by atoms with Gasteiger partial charge in [-0.25, -0.2) is 9.18 Å². The van der Waals surface area contributed by atoms with Gasteiger partial charge < -0.3 is 14.4 Å². The largest absolute Gasteiger partial charge is 0.494 e. The third-order valence-electron chi connectivity index (χ3n) is 3.71. The summed E-state index contributed by atoms with van der Waals surface area (Å²) in [6.07, 6.45) is 1.55. The van der Waals surface area contributed by atoms with E-state index in [0.717, 1.165) is 5.52 Å². The summed E-state index contributed by atoms with van der Waals surface area (Å²) in [6.45, 7) is 0. The molecule has 0 aliphatic heterocycles. The fourth-order valence-electron chi connectivity index (χ4n) is 2.62. The average molecular weight is 299 g/mol. The molecule has 4 nitrogen and oxygen atoms in total. The predicted molar refractivity (Wildman–Crippen MR) is 81.8 cm³/mol. The standard InChI is InChI=1S/C17H14FNO3/c1-19-9-13(17(20)21)12-8-10(6-7-14(12)19)11-4-3-5-15(22-2)16(11)18/h3-9H,1-2H3,(H,20,21). The molecule has 0 saturated heterocycles. The molecule has 0 fully saturated rings. The summed E-state index contributed by atoms with van der Waals surface area (Å²) in [5.74, 6) is -1.31. The average Bonchev–Trinajstić information content (AvgIpc) is 2.84. The normalized spacial score (nSPS) is 10.9. The lowest BCUT2D eigenvalue weighted by Crippen LogP contribution is -1.94. The summed E-state index contributed by atoms with van der Waals surface area (Å²) in [4.78, 5) is 11.3. The molecule has 0 bridgehead atoms. The molecule has 3 aromatic rings. The number of carboxylic acid groups (broad SMARTS) is 1. The summed E-state index contributed by atoms with van der Waals surface area (Å²) in [6, 6.07) is 10.1. The quantitative estimate of drug-likeness (QED) is 0.802. The molecule has 1 N–H and O–H groups in total. The van der Waals surface area contributed by atoms with Crippen LogP contribution in [0.4, 0.5) is 4.39 Å². The maximum atomic E-state index is 14.4. The number of benzene rings is 2. The Morgan fingerprint density at radius 1 is 1.27 bits per heavy atom. The van der Waals surface area contributed by atoms with E-state index in [1.165, 1.54) is 7.11 Å². The number of hydrogen-bond acceptors (Lipinski definition) is 2. The predicted octanol–water partition coefficient (Wildman–Crippen LogP) is 3.69. The zero-order valence-corrected chi connectivity index (χ0v) is 12.1. The number of aromatic carboxylic acids is 1. The molecular formula is C17H14FNO3. The van der Waals surface area contributed by atoms with E-state index in [2.05, 4.69) is 0 Å². The zero-order chi connectivity index (χ0) is 15.9. The van der Waals surface area contributed by atoms with Crippen LogP contribution in [0.1, 0.15) is 10.4 Å². The van der Waals surface area contributed by atoms with E-state index in [1.54, 1.807) is 54.2 Å². The lowest BCUT2D eigenvalue weighted by Gasteiger charge is -2.08. The Kier molecular flexibility index (Phi) is 3.33. The molecule has 5 heteroatoms. The molecule has 2 aromatic carbocycles. The molecule has 0 radical (unpaired) electrons. The van der Waals surface area contributed by atoms with Crippen LogP contribution in [0.15, 0.2) is 42.6 Å². The van der Waals surface area contributed by atoms with Gasteiger partial charge >= 0.3 is 5.97 Å². The summed E-state index contributed by atoms with van der Waals surface area (Å²) in [5, 5.41) is 9.87. The highest BCUT2D eigenvalue weighted by Gasteiger charge is 2.15. The van der Waals surface area contributed by atoms with Crippen LogP contribution < -0.4 is 4.74 Å². The van der Waals surface area contributed by atoms with Gasteiger partial charge in [-0.05, 0) is 23.8 Å². The van der Waals surface area contributed by atoms with Crippen molar-refractivity contribution < 1.29 is 19.0 Å². The van der Waals surface area contributed by atoms with Crippen molar-refractivity contribution >= 4 is 16.9 Å². The van der Waals surface area contributed by atoms with Gasteiger partial charge in [0.1, 0.15) is 0 Å². The number of carboxylic acids is 1. The summed E-state index contributed by atoms with van der Waals surface area (Å²) >= 11 is 0. The first kappa shape index (κ1) is 14.1. The number of fused-ring (bicyclic) bond motifs is 1. The van der Waals surface area contributed by atoms with Crippen LogP contribution in [-0.4, -0.2) is 22.8 Å². The topological polar surface area (TPSA) is 51.5 Å². The zero-order valence-electron chi connectivity index (χ0n) is 12.1. The first-order valence-electron chi connectivity index (χ1n) is 6.68. The third kappa shape index (κ3) is 2.11. The molecule has 22 heavy (non-hydrogen) atoms. The second-order valence-electron chi connectivity index (χ2n) is 5.01. The van der Waals surface area contributed by atoms with Crippen LogP contribution in [0.3, 0.4) is 0 Å². The van der Waals surface area contributed by atoms with Gasteiger partial charge in [-0.1, -0.05) is 18.2 Å². The van der Waals surface area contributed by atoms with Gasteiger partial charge in [-0.15, -0.1) is 0 Å². The number of rotatable bonds is 3. The van der Waals surface area contributed by atoms with Gasteiger partial charge in [0.2, 0.25) is 0 Å². The first-order chi connectivity index (χ1) is 10.5. The maximum absolute atomic E-state index is 14.4. The number of methoxy groups -OCH3 is 1. The Morgan fingerprint density at radius 3 is 2.73 bits per heavy atom. The number of aryl methyl sites for hydroxylation is 1. The van der Waals surface area contributed by atoms with Crippen LogP contribution in [0.2, 0.25) is 0 Å². The van der Waals surface area contributed by atoms with E-state index >= 15 is 0 Å². The Bertz CT molecular complexity index is 883. The van der Waals surface area contributed by atoms with Crippen molar-refractivity contribution in [3.63, 3.8) is 0 Å². The van der Waals surface area contributed by atoms with Crippen LogP contribution in [0.5, 0.6) is 5.75 Å². The van der Waals surface area contributed by atoms with Crippen molar-refractivity contribution in [2.24, 2.45) is 7.05 Å². The minimum absolute atomic E-state index is 0.157. The van der Waals surface area contributed by atoms with Gasteiger partial charge in [-0.3, -0.25) is 0 Å². The molecule has 0 unspecified atom stereocenters. The van der Waals surface area contributed by atoms with Crippen LogP contribution >= 0.6 is 0 Å². The van der Waals surface area contributed by atoms with Gasteiger partial charge in [0.25, 0.3) is 0 Å². The first-order valence-corrected chi connectivity index (χ1v) is 6.68. The summed E-state index contributed by atoms with van der Waals surface area (Å²) < 4.78 is 21.1. The van der Waals surface area contributed by atoms with Crippen LogP contribution in [-0.2, 0) is 7.05 Å². The van der Waals surface area contributed by atoms with Crippen molar-refractivity contribution in [2.45, 2.75) is 0 Å². The highest BCUT2D eigenvalue weighted by atomic mass is 19.1. The fourth-order valence-corrected chi connectivity index (χ4v) is 2.62. The number of hydrogen-bond donors (Lipinski definition) is 1. The molecule has 0 aliphatic rings. The molecule has 0 atom stereocenters. The molecule has 0 saturated carbocycles.